The van der Waals surface area contributed by atoms with E-state index in [1.54, 1.807) is 24.4 Å². The molecule has 2 aromatic rings. The van der Waals surface area contributed by atoms with Gasteiger partial charge in [0.25, 0.3) is 0 Å². The van der Waals surface area contributed by atoms with Crippen LogP contribution in [0.4, 0.5) is 5.82 Å². The zero-order chi connectivity index (χ0) is 18.5. The van der Waals surface area contributed by atoms with Gasteiger partial charge in [0.2, 0.25) is 0 Å². The second kappa shape index (κ2) is 8.17. The second-order valence-electron chi connectivity index (χ2n) is 5.96. The maximum atomic E-state index is 12.4. The minimum Gasteiger partial charge on any atom is -0.468 e. The van der Waals surface area contributed by atoms with Gasteiger partial charge in [0.15, 0.2) is 0 Å². The van der Waals surface area contributed by atoms with Gasteiger partial charge in [-0.3, -0.25) is 4.90 Å². The number of anilines is 1. The fraction of sp³-hybridized carbons (Fsp3) is 0.316. The molecule has 134 valence electrons. The van der Waals surface area contributed by atoms with Crippen LogP contribution < -0.4 is 4.90 Å². The number of rotatable bonds is 4. The molecule has 0 spiro atoms. The van der Waals surface area contributed by atoms with E-state index in [1.165, 1.54) is 7.11 Å². The fourth-order valence-corrected chi connectivity index (χ4v) is 3.45. The molecule has 0 bridgehead atoms. The summed E-state index contributed by atoms with van der Waals surface area (Å²) in [5.74, 6) is 0.351. The lowest BCUT2D eigenvalue weighted by molar-refractivity contribution is -0.147. The third-order valence-corrected chi connectivity index (χ3v) is 4.85. The Labute approximate surface area is 157 Å². The lowest BCUT2D eigenvalue weighted by Gasteiger charge is -2.39. The first kappa shape index (κ1) is 18.2. The van der Waals surface area contributed by atoms with Crippen molar-refractivity contribution >= 4 is 23.4 Å². The number of carbonyl (C=O) groups excluding carboxylic acids is 1. The van der Waals surface area contributed by atoms with Gasteiger partial charge in [-0.2, -0.15) is 5.26 Å². The zero-order valence-corrected chi connectivity index (χ0v) is 15.2. The van der Waals surface area contributed by atoms with Gasteiger partial charge in [-0.05, 0) is 23.8 Å². The molecule has 1 fully saturated rings. The molecule has 1 aromatic heterocycles. The molecule has 0 saturated carbocycles. The number of esters is 1. The summed E-state index contributed by atoms with van der Waals surface area (Å²) in [6.07, 6.45) is 1.68. The number of carbonyl (C=O) groups is 1. The van der Waals surface area contributed by atoms with Crippen molar-refractivity contribution < 1.29 is 9.53 Å². The molecule has 1 aliphatic rings. The standard InChI is InChI=1S/C19H19ClN4O2/c1-26-19(25)17(15-6-2-3-7-16(15)20)23-9-11-24(12-10-23)18-14(13-21)5-4-8-22-18/h2-8,17H,9-12H2,1H3. The third kappa shape index (κ3) is 3.64. The second-order valence-corrected chi connectivity index (χ2v) is 6.36. The van der Waals surface area contributed by atoms with Crippen molar-refractivity contribution in [3.63, 3.8) is 0 Å². The number of methoxy groups -OCH3 is 1. The molecule has 1 aromatic carbocycles. The molecule has 3 rings (SSSR count). The number of piperazine rings is 1. The van der Waals surface area contributed by atoms with Gasteiger partial charge in [0.05, 0.1) is 12.7 Å². The summed E-state index contributed by atoms with van der Waals surface area (Å²) in [6.45, 7) is 2.58. The Balaban J connectivity index is 1.79. The van der Waals surface area contributed by atoms with Gasteiger partial charge in [-0.1, -0.05) is 29.8 Å². The maximum Gasteiger partial charge on any atom is 0.327 e. The summed E-state index contributed by atoms with van der Waals surface area (Å²) in [4.78, 5) is 20.9. The normalized spacial score (nSPS) is 16.0. The highest BCUT2D eigenvalue weighted by atomic mass is 35.5. The van der Waals surface area contributed by atoms with Gasteiger partial charge in [0.1, 0.15) is 17.9 Å². The Morgan fingerprint density at radius 2 is 1.96 bits per heavy atom. The number of hydrogen-bond donors (Lipinski definition) is 0. The van der Waals surface area contributed by atoms with Gasteiger partial charge in [0, 0.05) is 37.4 Å². The Morgan fingerprint density at radius 1 is 1.23 bits per heavy atom. The van der Waals surface area contributed by atoms with Gasteiger partial charge >= 0.3 is 5.97 Å². The van der Waals surface area contributed by atoms with Crippen LogP contribution in [0.2, 0.25) is 5.02 Å². The monoisotopic (exact) mass is 370 g/mol. The van der Waals surface area contributed by atoms with Crippen molar-refractivity contribution in [2.24, 2.45) is 0 Å². The third-order valence-electron chi connectivity index (χ3n) is 4.51. The number of aromatic nitrogens is 1. The molecule has 7 heteroatoms. The number of halogens is 1. The topological polar surface area (TPSA) is 69.5 Å². The van der Waals surface area contributed by atoms with Crippen LogP contribution >= 0.6 is 11.6 Å². The number of nitrogens with zero attached hydrogens (tertiary/aromatic N) is 4. The summed E-state index contributed by atoms with van der Waals surface area (Å²) < 4.78 is 5.01. The first-order chi connectivity index (χ1) is 12.7. The number of pyridine rings is 1. The number of nitriles is 1. The van der Waals surface area contributed by atoms with E-state index in [2.05, 4.69) is 20.9 Å². The van der Waals surface area contributed by atoms with E-state index in [1.807, 2.05) is 18.2 Å². The first-order valence-corrected chi connectivity index (χ1v) is 8.70. The van der Waals surface area contributed by atoms with E-state index in [9.17, 15) is 10.1 Å². The Hall–Kier alpha value is -2.62. The van der Waals surface area contributed by atoms with Gasteiger partial charge in [-0.15, -0.1) is 0 Å². The lowest BCUT2D eigenvalue weighted by Crippen LogP contribution is -2.50. The number of ether oxygens (including phenoxy) is 1. The molecular weight excluding hydrogens is 352 g/mol. The van der Waals surface area contributed by atoms with Crippen LogP contribution in [0.1, 0.15) is 17.2 Å². The van der Waals surface area contributed by atoms with E-state index >= 15 is 0 Å². The largest absolute Gasteiger partial charge is 0.468 e. The Morgan fingerprint density at radius 3 is 2.62 bits per heavy atom. The lowest BCUT2D eigenvalue weighted by atomic mass is 10.0. The quantitative estimate of drug-likeness (QED) is 0.770. The summed E-state index contributed by atoms with van der Waals surface area (Å²) in [5.41, 5.74) is 1.29. The molecule has 1 unspecified atom stereocenters. The Kier molecular flexibility index (Phi) is 5.71. The molecule has 6 nitrogen and oxygen atoms in total. The summed E-state index contributed by atoms with van der Waals surface area (Å²) >= 11 is 6.31. The van der Waals surface area contributed by atoms with Crippen molar-refractivity contribution in [3.8, 4) is 6.07 Å². The molecule has 2 heterocycles. The van der Waals surface area contributed by atoms with Crippen LogP contribution in [-0.4, -0.2) is 49.1 Å². The molecule has 26 heavy (non-hydrogen) atoms. The van der Waals surface area contributed by atoms with Crippen molar-refractivity contribution in [1.29, 1.82) is 5.26 Å². The van der Waals surface area contributed by atoms with Crippen LogP contribution in [0.3, 0.4) is 0 Å². The van der Waals surface area contributed by atoms with Crippen LogP contribution in [0.5, 0.6) is 0 Å². The molecule has 0 radical (unpaired) electrons. The highest BCUT2D eigenvalue weighted by molar-refractivity contribution is 6.31. The zero-order valence-electron chi connectivity index (χ0n) is 14.4. The summed E-state index contributed by atoms with van der Waals surface area (Å²) in [6, 6.07) is 12.5. The summed E-state index contributed by atoms with van der Waals surface area (Å²) in [7, 11) is 1.38. The number of benzene rings is 1. The van der Waals surface area contributed by atoms with Crippen molar-refractivity contribution in [1.82, 2.24) is 9.88 Å². The van der Waals surface area contributed by atoms with Gasteiger partial charge < -0.3 is 9.64 Å². The SMILES string of the molecule is COC(=O)C(c1ccccc1Cl)N1CCN(c2ncccc2C#N)CC1. The predicted molar refractivity (Wildman–Crippen MR) is 98.9 cm³/mol. The molecular formula is C19H19ClN4O2. The smallest absolute Gasteiger partial charge is 0.327 e. The predicted octanol–water partition coefficient (Wildman–Crippen LogP) is 2.64. The molecule has 1 aliphatic heterocycles. The van der Waals surface area contributed by atoms with Crippen molar-refractivity contribution in [3.05, 3.63) is 58.7 Å². The van der Waals surface area contributed by atoms with Crippen molar-refractivity contribution in [2.45, 2.75) is 6.04 Å². The van der Waals surface area contributed by atoms with E-state index < -0.39 is 6.04 Å². The van der Waals surface area contributed by atoms with E-state index in [0.29, 0.717) is 42.6 Å². The van der Waals surface area contributed by atoms with E-state index in [4.69, 9.17) is 16.3 Å². The number of hydrogen-bond acceptors (Lipinski definition) is 6. The fourth-order valence-electron chi connectivity index (χ4n) is 3.21. The first-order valence-electron chi connectivity index (χ1n) is 8.32. The summed E-state index contributed by atoms with van der Waals surface area (Å²) in [5, 5.41) is 9.81. The average molecular weight is 371 g/mol. The Bertz CT molecular complexity index is 828. The molecule has 0 aliphatic carbocycles. The minimum absolute atomic E-state index is 0.331. The molecule has 1 atom stereocenters. The average Bonchev–Trinajstić information content (AvgIpc) is 2.70. The van der Waals surface area contributed by atoms with Crippen LogP contribution in [0.15, 0.2) is 42.6 Å². The van der Waals surface area contributed by atoms with Crippen LogP contribution in [0, 0.1) is 11.3 Å². The van der Waals surface area contributed by atoms with Crippen molar-refractivity contribution in [2.75, 3.05) is 38.2 Å². The van der Waals surface area contributed by atoms with Crippen LogP contribution in [-0.2, 0) is 9.53 Å². The minimum atomic E-state index is -0.546. The highest BCUT2D eigenvalue weighted by Gasteiger charge is 2.33. The van der Waals surface area contributed by atoms with E-state index in [0.717, 1.165) is 5.56 Å². The van der Waals surface area contributed by atoms with E-state index in [-0.39, 0.29) is 5.97 Å². The molecule has 1 saturated heterocycles. The highest BCUT2D eigenvalue weighted by Crippen LogP contribution is 2.30. The van der Waals surface area contributed by atoms with Crippen LogP contribution in [0.25, 0.3) is 0 Å². The molecule has 0 amide bonds. The van der Waals surface area contributed by atoms with Gasteiger partial charge in [-0.25, -0.2) is 9.78 Å². The maximum absolute atomic E-state index is 12.4. The molecule has 0 N–H and O–H groups in total.